The fourth-order valence-corrected chi connectivity index (χ4v) is 4.27. The van der Waals surface area contributed by atoms with Gasteiger partial charge >= 0.3 is 6.03 Å². The number of halogens is 2. The molecule has 37 heavy (non-hydrogen) atoms. The number of imide groups is 2. The highest BCUT2D eigenvalue weighted by Crippen LogP contribution is 2.38. The molecule has 0 unspecified atom stereocenters. The number of anilines is 1. The van der Waals surface area contributed by atoms with Crippen LogP contribution >= 0.6 is 27.5 Å². The normalized spacial score (nSPS) is 14.5. The van der Waals surface area contributed by atoms with Crippen molar-refractivity contribution in [2.45, 2.75) is 6.61 Å². The van der Waals surface area contributed by atoms with Crippen LogP contribution in [0.4, 0.5) is 16.2 Å². The van der Waals surface area contributed by atoms with Crippen molar-refractivity contribution in [3.8, 4) is 11.5 Å². The Kier molecular flexibility index (Phi) is 7.55. The minimum atomic E-state index is -0.886. The largest absolute Gasteiger partial charge is 0.493 e. The van der Waals surface area contributed by atoms with E-state index >= 15 is 0 Å². The summed E-state index contributed by atoms with van der Waals surface area (Å²) in [6, 6.07) is 14.3. The lowest BCUT2D eigenvalue weighted by Crippen LogP contribution is -2.54. The summed E-state index contributed by atoms with van der Waals surface area (Å²) in [6.07, 6.45) is 1.33. The van der Waals surface area contributed by atoms with Crippen molar-refractivity contribution in [1.29, 1.82) is 0 Å². The number of hydrogen-bond acceptors (Lipinski definition) is 7. The Morgan fingerprint density at radius 2 is 1.84 bits per heavy atom. The molecule has 0 radical (unpaired) electrons. The van der Waals surface area contributed by atoms with E-state index in [2.05, 4.69) is 21.2 Å². The second-order valence-corrected chi connectivity index (χ2v) is 8.97. The fraction of sp³-hybridized carbons (Fsp3) is 0.0800. The van der Waals surface area contributed by atoms with E-state index in [1.165, 1.54) is 37.5 Å². The zero-order valence-electron chi connectivity index (χ0n) is 19.1. The number of hydrogen-bond donors (Lipinski definition) is 1. The van der Waals surface area contributed by atoms with Gasteiger partial charge in [-0.1, -0.05) is 17.7 Å². The molecular formula is C25H17BrClN3O7. The molecule has 1 aliphatic rings. The number of non-ortho nitro benzene ring substituents is 1. The Bertz CT molecular complexity index is 1460. The third-order valence-electron chi connectivity index (χ3n) is 5.26. The average Bonchev–Trinajstić information content (AvgIpc) is 2.85. The van der Waals surface area contributed by atoms with Gasteiger partial charge in [0, 0.05) is 17.2 Å². The summed E-state index contributed by atoms with van der Waals surface area (Å²) in [5, 5.41) is 13.3. The van der Waals surface area contributed by atoms with Gasteiger partial charge in [0.2, 0.25) is 0 Å². The summed E-state index contributed by atoms with van der Waals surface area (Å²) in [6.45, 7) is 0.102. The molecule has 10 nitrogen and oxygen atoms in total. The number of barbiturate groups is 1. The first-order chi connectivity index (χ1) is 17.7. The number of benzene rings is 3. The lowest BCUT2D eigenvalue weighted by molar-refractivity contribution is -0.384. The highest BCUT2D eigenvalue weighted by Gasteiger charge is 2.37. The number of methoxy groups -OCH3 is 1. The van der Waals surface area contributed by atoms with Gasteiger partial charge in [-0.2, -0.15) is 0 Å². The van der Waals surface area contributed by atoms with Crippen LogP contribution in [0.2, 0.25) is 5.02 Å². The Hall–Kier alpha value is -4.22. The van der Waals surface area contributed by atoms with E-state index in [1.807, 2.05) is 0 Å². The van der Waals surface area contributed by atoms with E-state index in [-0.39, 0.29) is 23.6 Å². The predicted octanol–water partition coefficient (Wildman–Crippen LogP) is 5.26. The molecule has 1 aliphatic heterocycles. The van der Waals surface area contributed by atoms with Crippen LogP contribution in [0.25, 0.3) is 6.08 Å². The quantitative estimate of drug-likeness (QED) is 0.173. The van der Waals surface area contributed by atoms with Gasteiger partial charge in [0.05, 0.1) is 22.2 Å². The zero-order valence-corrected chi connectivity index (χ0v) is 21.4. The molecule has 0 saturated carbocycles. The van der Waals surface area contributed by atoms with Crippen molar-refractivity contribution in [2.24, 2.45) is 0 Å². The Labute approximate surface area is 223 Å². The second kappa shape index (κ2) is 10.8. The number of nitro groups is 1. The number of urea groups is 1. The van der Waals surface area contributed by atoms with Gasteiger partial charge in [0.1, 0.15) is 12.2 Å². The van der Waals surface area contributed by atoms with Crippen molar-refractivity contribution in [2.75, 3.05) is 12.0 Å². The molecule has 4 amide bonds. The number of ether oxygens (including phenoxy) is 2. The minimum absolute atomic E-state index is 0.0307. The number of nitro benzene ring substituents is 1. The van der Waals surface area contributed by atoms with Crippen LogP contribution < -0.4 is 19.7 Å². The molecule has 4 rings (SSSR count). The first-order valence-corrected chi connectivity index (χ1v) is 11.8. The maximum atomic E-state index is 13.1. The summed E-state index contributed by atoms with van der Waals surface area (Å²) >= 11 is 9.41. The summed E-state index contributed by atoms with van der Waals surface area (Å²) in [4.78, 5) is 49.2. The summed E-state index contributed by atoms with van der Waals surface area (Å²) in [5.41, 5.74) is 1.03. The molecule has 1 N–H and O–H groups in total. The number of carbonyl (C=O) groups is 3. The Balaban J connectivity index is 1.61. The number of nitrogens with one attached hydrogen (secondary N) is 1. The molecule has 0 bridgehead atoms. The lowest BCUT2D eigenvalue weighted by Gasteiger charge is -2.26. The lowest BCUT2D eigenvalue weighted by atomic mass is 10.1. The van der Waals surface area contributed by atoms with Gasteiger partial charge in [0.15, 0.2) is 11.5 Å². The smallest absolute Gasteiger partial charge is 0.335 e. The van der Waals surface area contributed by atoms with Crippen molar-refractivity contribution in [1.82, 2.24) is 5.32 Å². The monoisotopic (exact) mass is 585 g/mol. The molecule has 1 heterocycles. The molecule has 0 aromatic heterocycles. The van der Waals surface area contributed by atoms with Crippen LogP contribution in [0.15, 0.2) is 70.7 Å². The van der Waals surface area contributed by atoms with Crippen LogP contribution in [0.1, 0.15) is 11.1 Å². The number of rotatable bonds is 7. The van der Waals surface area contributed by atoms with Gasteiger partial charge < -0.3 is 9.47 Å². The van der Waals surface area contributed by atoms with Crippen molar-refractivity contribution in [3.63, 3.8) is 0 Å². The molecule has 12 heteroatoms. The van der Waals surface area contributed by atoms with Crippen molar-refractivity contribution >= 4 is 62.8 Å². The van der Waals surface area contributed by atoms with E-state index in [0.29, 0.717) is 32.1 Å². The van der Waals surface area contributed by atoms with E-state index in [0.717, 1.165) is 4.90 Å². The molecule has 0 atom stereocenters. The maximum Gasteiger partial charge on any atom is 0.335 e. The standard InChI is InChI=1S/C25H17BrClN3O7/c1-36-21-11-15(10-20(26)22(21)37-13-14-5-7-17(8-6-14)30(34)35)9-19-23(31)28-25(33)29(24(19)32)18-4-2-3-16(27)12-18/h2-12H,13H2,1H3,(H,28,31,33)/b19-9+. The molecule has 0 aliphatic carbocycles. The Morgan fingerprint density at radius 1 is 1.11 bits per heavy atom. The van der Waals surface area contributed by atoms with Gasteiger partial charge in [-0.25, -0.2) is 9.69 Å². The zero-order chi connectivity index (χ0) is 26.7. The molecule has 3 aromatic carbocycles. The molecule has 0 spiro atoms. The first-order valence-electron chi connectivity index (χ1n) is 10.6. The van der Waals surface area contributed by atoms with E-state index < -0.39 is 22.8 Å². The van der Waals surface area contributed by atoms with E-state index in [1.54, 1.807) is 36.4 Å². The predicted molar refractivity (Wildman–Crippen MR) is 139 cm³/mol. The van der Waals surface area contributed by atoms with Crippen LogP contribution in [0.3, 0.4) is 0 Å². The highest BCUT2D eigenvalue weighted by molar-refractivity contribution is 9.10. The van der Waals surface area contributed by atoms with Gasteiger partial charge in [0.25, 0.3) is 17.5 Å². The average molecular weight is 587 g/mol. The topological polar surface area (TPSA) is 128 Å². The van der Waals surface area contributed by atoms with E-state index in [4.69, 9.17) is 21.1 Å². The maximum absolute atomic E-state index is 13.1. The summed E-state index contributed by atoms with van der Waals surface area (Å²) in [5.74, 6) is -1.01. The number of amides is 4. The molecule has 188 valence electrons. The van der Waals surface area contributed by atoms with Crippen molar-refractivity contribution < 1.29 is 28.8 Å². The van der Waals surface area contributed by atoms with Crippen LogP contribution in [-0.2, 0) is 16.2 Å². The van der Waals surface area contributed by atoms with Gasteiger partial charge in [-0.15, -0.1) is 0 Å². The fourth-order valence-electron chi connectivity index (χ4n) is 3.51. The SMILES string of the molecule is COc1cc(/C=C2\C(=O)NC(=O)N(c3cccc(Cl)c3)C2=O)cc(Br)c1OCc1ccc([N+](=O)[O-])cc1. The highest BCUT2D eigenvalue weighted by atomic mass is 79.9. The molecule has 1 saturated heterocycles. The third-order valence-corrected chi connectivity index (χ3v) is 6.09. The molecule has 1 fully saturated rings. The number of carbonyl (C=O) groups excluding carboxylic acids is 3. The van der Waals surface area contributed by atoms with Crippen LogP contribution in [0.5, 0.6) is 11.5 Å². The minimum Gasteiger partial charge on any atom is -0.493 e. The van der Waals surface area contributed by atoms with E-state index in [9.17, 15) is 24.5 Å². The summed E-state index contributed by atoms with van der Waals surface area (Å²) < 4.78 is 11.8. The number of nitrogens with zero attached hydrogens (tertiary/aromatic N) is 2. The summed E-state index contributed by atoms with van der Waals surface area (Å²) in [7, 11) is 1.43. The molecular weight excluding hydrogens is 570 g/mol. The Morgan fingerprint density at radius 3 is 2.49 bits per heavy atom. The van der Waals surface area contributed by atoms with Crippen molar-refractivity contribution in [3.05, 3.63) is 97.0 Å². The van der Waals surface area contributed by atoms with Crippen LogP contribution in [0, 0.1) is 10.1 Å². The second-order valence-electron chi connectivity index (χ2n) is 7.68. The van der Waals surface area contributed by atoms with Gasteiger partial charge in [-0.05, 0) is 75.6 Å². The first kappa shape index (κ1) is 25.9. The third kappa shape index (κ3) is 5.63. The van der Waals surface area contributed by atoms with Gasteiger partial charge in [-0.3, -0.25) is 25.0 Å². The molecule has 3 aromatic rings. The van der Waals surface area contributed by atoms with Crippen LogP contribution in [-0.4, -0.2) is 29.9 Å².